The molecule has 3 N–H and O–H groups in total. The molecule has 0 aliphatic rings. The van der Waals surface area contributed by atoms with Crippen molar-refractivity contribution in [3.8, 4) is 5.75 Å². The van der Waals surface area contributed by atoms with Crippen LogP contribution in [0.15, 0.2) is 12.1 Å². The van der Waals surface area contributed by atoms with Gasteiger partial charge in [-0.2, -0.15) is 0 Å². The molecule has 1 amide bonds. The van der Waals surface area contributed by atoms with Crippen molar-refractivity contribution in [2.75, 3.05) is 13.2 Å². The topological polar surface area (TPSA) is 69.6 Å². The Morgan fingerprint density at radius 1 is 1.08 bits per heavy atom. The van der Waals surface area contributed by atoms with Gasteiger partial charge < -0.3 is 15.5 Å². The highest BCUT2D eigenvalue weighted by atomic mass is 16.3. The summed E-state index contributed by atoms with van der Waals surface area (Å²) < 4.78 is 0. The number of carbonyl (C=O) groups is 1. The van der Waals surface area contributed by atoms with Crippen molar-refractivity contribution in [1.82, 2.24) is 5.32 Å². The third kappa shape index (κ3) is 5.74. The number of amides is 1. The molecule has 0 fully saturated rings. The van der Waals surface area contributed by atoms with Crippen LogP contribution in [0.1, 0.15) is 83.9 Å². The van der Waals surface area contributed by atoms with E-state index in [2.05, 4.69) is 65.9 Å². The van der Waals surface area contributed by atoms with Crippen molar-refractivity contribution in [2.45, 2.75) is 78.1 Å². The predicted octanol–water partition coefficient (Wildman–Crippen LogP) is 3.98. The van der Waals surface area contributed by atoms with Crippen molar-refractivity contribution in [3.05, 3.63) is 28.8 Å². The third-order valence-electron chi connectivity index (χ3n) is 4.58. The van der Waals surface area contributed by atoms with Gasteiger partial charge >= 0.3 is 0 Å². The molecule has 1 atom stereocenters. The summed E-state index contributed by atoms with van der Waals surface area (Å²) in [6.45, 7) is 14.8. The number of aromatic hydroxyl groups is 1. The molecule has 25 heavy (non-hydrogen) atoms. The van der Waals surface area contributed by atoms with Crippen LogP contribution in [-0.4, -0.2) is 29.3 Å². The fraction of sp³-hybridized carbons (Fsp3) is 0.667. The van der Waals surface area contributed by atoms with Gasteiger partial charge in [0.15, 0.2) is 0 Å². The first-order chi connectivity index (χ1) is 11.4. The zero-order valence-electron chi connectivity index (χ0n) is 16.9. The van der Waals surface area contributed by atoms with Crippen molar-refractivity contribution in [3.63, 3.8) is 0 Å². The second-order valence-corrected chi connectivity index (χ2v) is 8.85. The first-order valence-electron chi connectivity index (χ1n) is 9.17. The van der Waals surface area contributed by atoms with Crippen molar-refractivity contribution in [2.24, 2.45) is 0 Å². The van der Waals surface area contributed by atoms with E-state index in [1.807, 2.05) is 0 Å². The fourth-order valence-corrected chi connectivity index (χ4v) is 3.03. The van der Waals surface area contributed by atoms with E-state index in [1.165, 1.54) is 0 Å². The first-order valence-corrected chi connectivity index (χ1v) is 9.17. The summed E-state index contributed by atoms with van der Waals surface area (Å²) in [5.74, 6) is 0.397. The zero-order chi connectivity index (χ0) is 19.4. The second kappa shape index (κ2) is 8.22. The maximum Gasteiger partial charge on any atom is 0.220 e. The quantitative estimate of drug-likeness (QED) is 0.727. The molecule has 0 aromatic heterocycles. The molecule has 0 heterocycles. The molecule has 0 bridgehead atoms. The van der Waals surface area contributed by atoms with Gasteiger partial charge in [0.25, 0.3) is 0 Å². The number of aliphatic hydroxyl groups excluding tert-OH is 1. The minimum Gasteiger partial charge on any atom is -0.507 e. The molecule has 0 aliphatic heterocycles. The van der Waals surface area contributed by atoms with Gasteiger partial charge in [-0.25, -0.2) is 0 Å². The lowest BCUT2D eigenvalue weighted by atomic mass is 9.76. The van der Waals surface area contributed by atoms with E-state index in [1.54, 1.807) is 0 Å². The van der Waals surface area contributed by atoms with E-state index < -0.39 is 0 Å². The Balaban J connectivity index is 3.35. The summed E-state index contributed by atoms with van der Waals surface area (Å²) in [5, 5.41) is 22.4. The molecular formula is C21H35NO3. The van der Waals surface area contributed by atoms with Gasteiger partial charge in [-0.1, -0.05) is 60.6 Å². The van der Waals surface area contributed by atoms with E-state index in [0.717, 1.165) is 23.1 Å². The van der Waals surface area contributed by atoms with E-state index in [0.29, 0.717) is 12.2 Å². The molecule has 0 aliphatic carbocycles. The van der Waals surface area contributed by atoms with Gasteiger partial charge in [0, 0.05) is 13.0 Å². The average molecular weight is 350 g/mol. The standard InChI is InChI=1S/C21H35NO3/c1-8-14(13-18(24)22-9-10-23)15-11-16(20(2,3)4)19(25)17(12-15)21(5,6)7/h11-12,14,23,25H,8-10,13H2,1-7H3,(H,22,24). The number of hydrogen-bond acceptors (Lipinski definition) is 3. The Bertz CT molecular complexity index is 559. The molecule has 4 nitrogen and oxygen atoms in total. The molecule has 4 heteroatoms. The third-order valence-corrected chi connectivity index (χ3v) is 4.58. The normalized spacial score (nSPS) is 13.6. The Kier molecular flexibility index (Phi) is 7.07. The SMILES string of the molecule is CCC(CC(=O)NCCO)c1cc(C(C)(C)C)c(O)c(C(C)(C)C)c1. The van der Waals surface area contributed by atoms with E-state index >= 15 is 0 Å². The molecule has 1 aromatic carbocycles. The smallest absolute Gasteiger partial charge is 0.220 e. The minimum absolute atomic E-state index is 0.0515. The van der Waals surface area contributed by atoms with Gasteiger partial charge in [0.2, 0.25) is 5.91 Å². The number of aliphatic hydroxyl groups is 1. The van der Waals surface area contributed by atoms with Gasteiger partial charge in [-0.05, 0) is 39.9 Å². The fourth-order valence-electron chi connectivity index (χ4n) is 3.03. The maximum absolute atomic E-state index is 12.1. The van der Waals surface area contributed by atoms with Crippen LogP contribution in [0.2, 0.25) is 0 Å². The second-order valence-electron chi connectivity index (χ2n) is 8.85. The van der Waals surface area contributed by atoms with E-state index in [9.17, 15) is 9.90 Å². The lowest BCUT2D eigenvalue weighted by Crippen LogP contribution is -2.28. The lowest BCUT2D eigenvalue weighted by molar-refractivity contribution is -0.121. The van der Waals surface area contributed by atoms with Gasteiger partial charge in [-0.3, -0.25) is 4.79 Å². The lowest BCUT2D eigenvalue weighted by Gasteiger charge is -2.29. The predicted molar refractivity (Wildman–Crippen MR) is 103 cm³/mol. The Labute approximate surface area is 152 Å². The molecule has 1 rings (SSSR count). The van der Waals surface area contributed by atoms with Crippen LogP contribution in [0.5, 0.6) is 5.75 Å². The van der Waals surface area contributed by atoms with Crippen LogP contribution in [0.4, 0.5) is 0 Å². The molecular weight excluding hydrogens is 314 g/mol. The largest absolute Gasteiger partial charge is 0.507 e. The molecule has 0 radical (unpaired) electrons. The zero-order valence-corrected chi connectivity index (χ0v) is 16.9. The highest BCUT2D eigenvalue weighted by Gasteiger charge is 2.28. The summed E-state index contributed by atoms with van der Waals surface area (Å²) in [4.78, 5) is 12.1. The number of carbonyl (C=O) groups excluding carboxylic acids is 1. The summed E-state index contributed by atoms with van der Waals surface area (Å²) >= 11 is 0. The van der Waals surface area contributed by atoms with Gasteiger partial charge in [-0.15, -0.1) is 0 Å². The summed E-state index contributed by atoms with van der Waals surface area (Å²) in [7, 11) is 0. The number of hydrogen-bond donors (Lipinski definition) is 3. The molecule has 0 spiro atoms. The Hall–Kier alpha value is -1.55. The number of phenolic OH excluding ortho intramolecular Hbond substituents is 1. The monoisotopic (exact) mass is 349 g/mol. The van der Waals surface area contributed by atoms with E-state index in [4.69, 9.17) is 5.11 Å². The summed E-state index contributed by atoms with van der Waals surface area (Å²) in [6, 6.07) is 4.11. The molecule has 1 unspecified atom stereocenters. The van der Waals surface area contributed by atoms with Crippen molar-refractivity contribution in [1.29, 1.82) is 0 Å². The average Bonchev–Trinajstić information content (AvgIpc) is 2.48. The van der Waals surface area contributed by atoms with E-state index in [-0.39, 0.29) is 35.8 Å². The molecule has 1 aromatic rings. The number of phenols is 1. The van der Waals surface area contributed by atoms with Crippen molar-refractivity contribution < 1.29 is 15.0 Å². The number of nitrogens with one attached hydrogen (secondary N) is 1. The van der Waals surface area contributed by atoms with Crippen LogP contribution >= 0.6 is 0 Å². The Morgan fingerprint density at radius 2 is 1.56 bits per heavy atom. The van der Waals surface area contributed by atoms with Crippen LogP contribution in [0, 0.1) is 0 Å². The van der Waals surface area contributed by atoms with Gasteiger partial charge in [0.05, 0.1) is 6.61 Å². The van der Waals surface area contributed by atoms with Crippen LogP contribution in [0.25, 0.3) is 0 Å². The highest BCUT2D eigenvalue weighted by molar-refractivity contribution is 5.77. The summed E-state index contributed by atoms with van der Waals surface area (Å²) in [5.41, 5.74) is 2.57. The van der Waals surface area contributed by atoms with Crippen molar-refractivity contribution >= 4 is 5.91 Å². The number of benzene rings is 1. The molecule has 0 saturated heterocycles. The minimum atomic E-state index is -0.183. The first kappa shape index (κ1) is 21.5. The summed E-state index contributed by atoms with van der Waals surface area (Å²) in [6.07, 6.45) is 1.22. The molecule has 142 valence electrons. The van der Waals surface area contributed by atoms with Crippen LogP contribution in [0.3, 0.4) is 0 Å². The van der Waals surface area contributed by atoms with Crippen LogP contribution < -0.4 is 5.32 Å². The van der Waals surface area contributed by atoms with Crippen LogP contribution in [-0.2, 0) is 15.6 Å². The maximum atomic E-state index is 12.1. The Morgan fingerprint density at radius 3 is 1.92 bits per heavy atom. The highest BCUT2D eigenvalue weighted by Crippen LogP contribution is 2.41. The van der Waals surface area contributed by atoms with Gasteiger partial charge in [0.1, 0.15) is 5.75 Å². The number of rotatable bonds is 6. The molecule has 0 saturated carbocycles.